The van der Waals surface area contributed by atoms with Gasteiger partial charge in [-0.3, -0.25) is 0 Å². The van der Waals surface area contributed by atoms with Gasteiger partial charge in [-0.25, -0.2) is 4.98 Å². The molecule has 0 bridgehead atoms. The van der Waals surface area contributed by atoms with Crippen molar-refractivity contribution in [1.82, 2.24) is 9.55 Å². The van der Waals surface area contributed by atoms with Gasteiger partial charge in [-0.05, 0) is 24.1 Å². The topological polar surface area (TPSA) is 58.3 Å². The summed E-state index contributed by atoms with van der Waals surface area (Å²) in [7, 11) is 1.95. The first-order chi connectivity index (χ1) is 9.61. The van der Waals surface area contributed by atoms with Crippen LogP contribution in [0.2, 0.25) is 0 Å². The van der Waals surface area contributed by atoms with Crippen LogP contribution in [0.5, 0.6) is 0 Å². The highest BCUT2D eigenvalue weighted by atomic mass is 79.9. The molecule has 1 heterocycles. The lowest BCUT2D eigenvalue weighted by Crippen LogP contribution is -2.35. The number of aliphatic hydroxyl groups excluding tert-OH is 2. The van der Waals surface area contributed by atoms with Crippen molar-refractivity contribution < 1.29 is 10.2 Å². The highest BCUT2D eigenvalue weighted by Crippen LogP contribution is 2.29. The molecule has 0 aliphatic carbocycles. The molecule has 0 amide bonds. The summed E-state index contributed by atoms with van der Waals surface area (Å²) in [5.74, 6) is 0.952. The maximum Gasteiger partial charge on any atom is 0.108 e. The summed E-state index contributed by atoms with van der Waals surface area (Å²) in [4.78, 5) is 4.29. The molecule has 0 spiro atoms. The SMILES string of the molecule is Cn1ccnc1CCC(CO)(CO)c1ccc(Br)cc1. The van der Waals surface area contributed by atoms with E-state index in [1.165, 1.54) is 0 Å². The molecule has 2 aromatic rings. The fourth-order valence-corrected chi connectivity index (χ4v) is 2.59. The van der Waals surface area contributed by atoms with E-state index >= 15 is 0 Å². The normalized spacial score (nSPS) is 11.8. The van der Waals surface area contributed by atoms with E-state index in [2.05, 4.69) is 20.9 Å². The molecule has 0 atom stereocenters. The fraction of sp³-hybridized carbons (Fsp3) is 0.400. The van der Waals surface area contributed by atoms with E-state index in [1.54, 1.807) is 6.20 Å². The van der Waals surface area contributed by atoms with Crippen molar-refractivity contribution in [2.45, 2.75) is 18.3 Å². The molecule has 0 fully saturated rings. The van der Waals surface area contributed by atoms with Gasteiger partial charge in [0.2, 0.25) is 0 Å². The van der Waals surface area contributed by atoms with E-state index in [-0.39, 0.29) is 13.2 Å². The fourth-order valence-electron chi connectivity index (χ4n) is 2.33. The van der Waals surface area contributed by atoms with E-state index < -0.39 is 5.41 Å². The Balaban J connectivity index is 2.21. The van der Waals surface area contributed by atoms with Gasteiger partial charge in [-0.15, -0.1) is 0 Å². The van der Waals surface area contributed by atoms with Crippen LogP contribution >= 0.6 is 15.9 Å². The van der Waals surface area contributed by atoms with Crippen molar-refractivity contribution >= 4 is 15.9 Å². The van der Waals surface area contributed by atoms with Gasteiger partial charge in [0.1, 0.15) is 5.82 Å². The number of aryl methyl sites for hydroxylation is 2. The van der Waals surface area contributed by atoms with Crippen LogP contribution in [0, 0.1) is 0 Å². The number of aromatic nitrogens is 2. The van der Waals surface area contributed by atoms with E-state index in [4.69, 9.17) is 0 Å². The van der Waals surface area contributed by atoms with Crippen LogP contribution in [-0.2, 0) is 18.9 Å². The van der Waals surface area contributed by atoms with Crippen LogP contribution in [0.1, 0.15) is 17.8 Å². The van der Waals surface area contributed by atoms with Crippen molar-refractivity contribution in [3.8, 4) is 0 Å². The maximum absolute atomic E-state index is 9.80. The lowest BCUT2D eigenvalue weighted by molar-refractivity contribution is 0.109. The number of hydrogen-bond acceptors (Lipinski definition) is 3. The first kappa shape index (κ1) is 15.2. The zero-order valence-electron chi connectivity index (χ0n) is 11.5. The average Bonchev–Trinajstić information content (AvgIpc) is 2.88. The zero-order chi connectivity index (χ0) is 14.6. The molecular weight excluding hydrogens is 320 g/mol. The summed E-state index contributed by atoms with van der Waals surface area (Å²) in [6.07, 6.45) is 5.01. The summed E-state index contributed by atoms with van der Waals surface area (Å²) in [6, 6.07) is 7.73. The third-order valence-electron chi connectivity index (χ3n) is 3.81. The Bertz CT molecular complexity index is 547. The van der Waals surface area contributed by atoms with E-state index in [0.29, 0.717) is 12.8 Å². The maximum atomic E-state index is 9.80. The minimum Gasteiger partial charge on any atom is -0.395 e. The Morgan fingerprint density at radius 3 is 2.35 bits per heavy atom. The molecule has 4 nitrogen and oxygen atoms in total. The molecule has 2 N–H and O–H groups in total. The standard InChI is InChI=1S/C15H19BrN2O2/c1-18-9-8-17-14(18)6-7-15(10-19,11-20)12-2-4-13(16)5-3-12/h2-5,8-9,19-20H,6-7,10-11H2,1H3. The number of rotatable bonds is 6. The molecule has 5 heteroatoms. The van der Waals surface area contributed by atoms with Gasteiger partial charge in [0.05, 0.1) is 13.2 Å². The first-order valence-corrected chi connectivity index (χ1v) is 7.34. The molecular formula is C15H19BrN2O2. The predicted molar refractivity (Wildman–Crippen MR) is 81.5 cm³/mol. The van der Waals surface area contributed by atoms with Gasteiger partial charge in [-0.1, -0.05) is 28.1 Å². The van der Waals surface area contributed by atoms with E-state index in [0.717, 1.165) is 15.9 Å². The van der Waals surface area contributed by atoms with Crippen LogP contribution in [-0.4, -0.2) is 33.0 Å². The number of halogens is 1. The quantitative estimate of drug-likeness (QED) is 0.847. The predicted octanol–water partition coefficient (Wildman–Crippen LogP) is 2.04. The molecule has 0 aliphatic heterocycles. The van der Waals surface area contributed by atoms with Crippen LogP contribution in [0.3, 0.4) is 0 Å². The van der Waals surface area contributed by atoms with Gasteiger partial charge >= 0.3 is 0 Å². The monoisotopic (exact) mass is 338 g/mol. The van der Waals surface area contributed by atoms with Crippen molar-refractivity contribution in [2.75, 3.05) is 13.2 Å². The van der Waals surface area contributed by atoms with Crippen molar-refractivity contribution in [2.24, 2.45) is 7.05 Å². The Morgan fingerprint density at radius 1 is 1.20 bits per heavy atom. The summed E-state index contributed by atoms with van der Waals surface area (Å²) in [5.41, 5.74) is 0.312. The average molecular weight is 339 g/mol. The van der Waals surface area contributed by atoms with E-state index in [9.17, 15) is 10.2 Å². The van der Waals surface area contributed by atoms with Crippen LogP contribution in [0.4, 0.5) is 0 Å². The molecule has 0 unspecified atom stereocenters. The lowest BCUT2D eigenvalue weighted by atomic mass is 9.78. The van der Waals surface area contributed by atoms with Crippen LogP contribution in [0.25, 0.3) is 0 Å². The van der Waals surface area contributed by atoms with Gasteiger partial charge in [-0.2, -0.15) is 0 Å². The molecule has 0 radical (unpaired) electrons. The summed E-state index contributed by atoms with van der Waals surface area (Å²) in [6.45, 7) is -0.175. The highest BCUT2D eigenvalue weighted by Gasteiger charge is 2.31. The second kappa shape index (κ2) is 6.52. The number of nitrogens with zero attached hydrogens (tertiary/aromatic N) is 2. The largest absolute Gasteiger partial charge is 0.395 e. The van der Waals surface area contributed by atoms with Crippen LogP contribution < -0.4 is 0 Å². The van der Waals surface area contributed by atoms with Gasteiger partial charge in [0, 0.05) is 35.7 Å². The number of imidazole rings is 1. The van der Waals surface area contributed by atoms with Crippen LogP contribution in [0.15, 0.2) is 41.1 Å². The molecule has 0 aliphatic rings. The molecule has 20 heavy (non-hydrogen) atoms. The first-order valence-electron chi connectivity index (χ1n) is 6.55. The number of aliphatic hydroxyl groups is 2. The third-order valence-corrected chi connectivity index (χ3v) is 4.34. The highest BCUT2D eigenvalue weighted by molar-refractivity contribution is 9.10. The van der Waals surface area contributed by atoms with Crippen molar-refractivity contribution in [3.63, 3.8) is 0 Å². The molecule has 1 aromatic carbocycles. The minimum atomic E-state index is -0.632. The summed E-state index contributed by atoms with van der Waals surface area (Å²) in [5, 5.41) is 19.6. The van der Waals surface area contributed by atoms with E-state index in [1.807, 2.05) is 42.1 Å². The Morgan fingerprint density at radius 2 is 1.85 bits per heavy atom. The lowest BCUT2D eigenvalue weighted by Gasteiger charge is -2.30. The van der Waals surface area contributed by atoms with Crippen molar-refractivity contribution in [1.29, 1.82) is 0 Å². The molecule has 1 aromatic heterocycles. The molecule has 0 saturated heterocycles. The van der Waals surface area contributed by atoms with Gasteiger partial charge < -0.3 is 14.8 Å². The zero-order valence-corrected chi connectivity index (χ0v) is 13.0. The van der Waals surface area contributed by atoms with Crippen molar-refractivity contribution in [3.05, 3.63) is 52.5 Å². The second-order valence-electron chi connectivity index (χ2n) is 5.06. The van der Waals surface area contributed by atoms with Gasteiger partial charge in [0.25, 0.3) is 0 Å². The second-order valence-corrected chi connectivity index (χ2v) is 5.97. The smallest absolute Gasteiger partial charge is 0.108 e. The molecule has 108 valence electrons. The summed E-state index contributed by atoms with van der Waals surface area (Å²) < 4.78 is 2.94. The summed E-state index contributed by atoms with van der Waals surface area (Å²) >= 11 is 3.40. The van der Waals surface area contributed by atoms with Gasteiger partial charge in [0.15, 0.2) is 0 Å². The number of benzene rings is 1. The Kier molecular flexibility index (Phi) is 4.96. The molecule has 2 rings (SSSR count). The molecule has 0 saturated carbocycles. The Labute approximate surface area is 127 Å². The third kappa shape index (κ3) is 3.11. The number of hydrogen-bond donors (Lipinski definition) is 2. The minimum absolute atomic E-state index is 0.0877. The Hall–Kier alpha value is -1.17.